The highest BCUT2D eigenvalue weighted by Crippen LogP contribution is 2.25. The highest BCUT2D eigenvalue weighted by atomic mass is 15.2. The van der Waals surface area contributed by atoms with E-state index >= 15 is 0 Å². The molecule has 19 heavy (non-hydrogen) atoms. The Bertz CT molecular complexity index is 363. The fourth-order valence-corrected chi connectivity index (χ4v) is 3.38. The molecule has 1 saturated heterocycles. The zero-order valence-electron chi connectivity index (χ0n) is 12.4. The van der Waals surface area contributed by atoms with Crippen LogP contribution in [0.15, 0.2) is 30.3 Å². The second kappa shape index (κ2) is 7.06. The van der Waals surface area contributed by atoms with E-state index in [9.17, 15) is 0 Å². The van der Waals surface area contributed by atoms with Crippen LogP contribution in [0.25, 0.3) is 0 Å². The molecule has 0 aromatic heterocycles. The van der Waals surface area contributed by atoms with Crippen molar-refractivity contribution >= 4 is 0 Å². The van der Waals surface area contributed by atoms with Crippen molar-refractivity contribution in [3.63, 3.8) is 0 Å². The van der Waals surface area contributed by atoms with Crippen molar-refractivity contribution in [2.24, 2.45) is 11.7 Å². The minimum atomic E-state index is 0.583. The Balaban J connectivity index is 1.89. The molecular formula is C17H28N2. The van der Waals surface area contributed by atoms with Crippen LogP contribution in [-0.4, -0.2) is 30.1 Å². The van der Waals surface area contributed by atoms with Gasteiger partial charge in [0.2, 0.25) is 0 Å². The van der Waals surface area contributed by atoms with Crippen molar-refractivity contribution in [2.45, 2.75) is 51.6 Å². The van der Waals surface area contributed by atoms with Gasteiger partial charge in [0.15, 0.2) is 0 Å². The van der Waals surface area contributed by atoms with Gasteiger partial charge in [-0.05, 0) is 50.6 Å². The molecule has 0 saturated carbocycles. The van der Waals surface area contributed by atoms with Gasteiger partial charge < -0.3 is 5.73 Å². The summed E-state index contributed by atoms with van der Waals surface area (Å²) < 4.78 is 0. The summed E-state index contributed by atoms with van der Waals surface area (Å²) in [4.78, 5) is 2.65. The fourth-order valence-electron chi connectivity index (χ4n) is 3.38. The Hall–Kier alpha value is -0.860. The van der Waals surface area contributed by atoms with Crippen molar-refractivity contribution in [1.82, 2.24) is 4.90 Å². The number of aryl methyl sites for hydroxylation is 1. The minimum Gasteiger partial charge on any atom is -0.329 e. The lowest BCUT2D eigenvalue weighted by Crippen LogP contribution is -2.52. The van der Waals surface area contributed by atoms with Crippen LogP contribution in [0.5, 0.6) is 0 Å². The number of nitrogens with zero attached hydrogens (tertiary/aromatic N) is 1. The topological polar surface area (TPSA) is 29.3 Å². The maximum absolute atomic E-state index is 5.99. The number of likely N-dealkylation sites (tertiary alicyclic amines) is 1. The highest BCUT2D eigenvalue weighted by molar-refractivity contribution is 5.14. The van der Waals surface area contributed by atoms with Crippen LogP contribution in [0, 0.1) is 5.92 Å². The van der Waals surface area contributed by atoms with Gasteiger partial charge >= 0.3 is 0 Å². The Morgan fingerprint density at radius 2 is 2.05 bits per heavy atom. The summed E-state index contributed by atoms with van der Waals surface area (Å²) >= 11 is 0. The average molecular weight is 260 g/mol. The number of piperidine rings is 1. The van der Waals surface area contributed by atoms with Gasteiger partial charge in [-0.25, -0.2) is 0 Å². The molecule has 0 amide bonds. The molecular weight excluding hydrogens is 232 g/mol. The normalized spacial score (nSPS) is 26.3. The summed E-state index contributed by atoms with van der Waals surface area (Å²) in [5.41, 5.74) is 7.44. The first-order valence-electron chi connectivity index (χ1n) is 7.72. The summed E-state index contributed by atoms with van der Waals surface area (Å²) in [5, 5.41) is 0. The van der Waals surface area contributed by atoms with Crippen molar-refractivity contribution in [2.75, 3.05) is 13.1 Å². The first-order valence-corrected chi connectivity index (χ1v) is 7.72. The third-order valence-electron chi connectivity index (χ3n) is 4.66. The molecule has 1 aliphatic heterocycles. The van der Waals surface area contributed by atoms with Crippen LogP contribution in [0.2, 0.25) is 0 Å². The zero-order chi connectivity index (χ0) is 13.7. The standard InChI is InChI=1S/C17H28N2/c1-14-7-6-12-19(17(14)13-18)15(2)10-11-16-8-4-3-5-9-16/h3-5,8-9,14-15,17H,6-7,10-13,18H2,1-2H3. The van der Waals surface area contributed by atoms with Gasteiger partial charge in [-0.15, -0.1) is 0 Å². The molecule has 1 fully saturated rings. The van der Waals surface area contributed by atoms with E-state index in [0.717, 1.165) is 12.5 Å². The first kappa shape index (κ1) is 14.5. The molecule has 2 nitrogen and oxygen atoms in total. The Morgan fingerprint density at radius 1 is 1.32 bits per heavy atom. The molecule has 2 heteroatoms. The van der Waals surface area contributed by atoms with E-state index in [0.29, 0.717) is 12.1 Å². The van der Waals surface area contributed by atoms with E-state index in [4.69, 9.17) is 5.73 Å². The SMILES string of the molecule is CC1CCCN(C(C)CCc2ccccc2)C1CN. The van der Waals surface area contributed by atoms with Crippen molar-refractivity contribution in [1.29, 1.82) is 0 Å². The summed E-state index contributed by atoms with van der Waals surface area (Å²) in [6.45, 7) is 6.75. The molecule has 0 aliphatic carbocycles. The quantitative estimate of drug-likeness (QED) is 0.881. The molecule has 1 heterocycles. The second-order valence-electron chi connectivity index (χ2n) is 6.03. The van der Waals surface area contributed by atoms with Crippen molar-refractivity contribution in [3.05, 3.63) is 35.9 Å². The Labute approximate surface area is 118 Å². The number of hydrogen-bond acceptors (Lipinski definition) is 2. The zero-order valence-corrected chi connectivity index (χ0v) is 12.4. The maximum Gasteiger partial charge on any atom is 0.0246 e. The van der Waals surface area contributed by atoms with E-state index in [-0.39, 0.29) is 0 Å². The van der Waals surface area contributed by atoms with Gasteiger partial charge in [-0.3, -0.25) is 4.90 Å². The molecule has 1 aromatic carbocycles. The van der Waals surface area contributed by atoms with Crippen molar-refractivity contribution < 1.29 is 0 Å². The molecule has 2 rings (SSSR count). The summed E-state index contributed by atoms with van der Waals surface area (Å²) in [5.74, 6) is 0.748. The molecule has 3 unspecified atom stereocenters. The van der Waals surface area contributed by atoms with E-state index in [1.165, 1.54) is 37.8 Å². The largest absolute Gasteiger partial charge is 0.329 e. The number of benzene rings is 1. The molecule has 0 bridgehead atoms. The lowest BCUT2D eigenvalue weighted by atomic mass is 9.89. The minimum absolute atomic E-state index is 0.583. The van der Waals surface area contributed by atoms with Crippen LogP contribution >= 0.6 is 0 Å². The van der Waals surface area contributed by atoms with Crippen LogP contribution in [0.1, 0.15) is 38.7 Å². The van der Waals surface area contributed by atoms with Crippen LogP contribution in [-0.2, 0) is 6.42 Å². The smallest absolute Gasteiger partial charge is 0.0246 e. The van der Waals surface area contributed by atoms with Gasteiger partial charge in [0.05, 0.1) is 0 Å². The molecule has 0 radical (unpaired) electrons. The third-order valence-corrected chi connectivity index (χ3v) is 4.66. The van der Waals surface area contributed by atoms with Crippen LogP contribution in [0.4, 0.5) is 0 Å². The number of rotatable bonds is 5. The lowest BCUT2D eigenvalue weighted by molar-refractivity contribution is 0.0658. The maximum atomic E-state index is 5.99. The van der Waals surface area contributed by atoms with Gasteiger partial charge in [0.25, 0.3) is 0 Å². The lowest BCUT2D eigenvalue weighted by Gasteiger charge is -2.43. The Kier molecular flexibility index (Phi) is 5.41. The predicted molar refractivity (Wildman–Crippen MR) is 82.2 cm³/mol. The highest BCUT2D eigenvalue weighted by Gasteiger charge is 2.30. The number of nitrogens with two attached hydrogens (primary N) is 1. The molecule has 1 aromatic rings. The molecule has 0 spiro atoms. The molecule has 3 atom stereocenters. The molecule has 2 N–H and O–H groups in total. The van der Waals surface area contributed by atoms with Crippen LogP contribution in [0.3, 0.4) is 0 Å². The second-order valence-corrected chi connectivity index (χ2v) is 6.03. The van der Waals surface area contributed by atoms with E-state index in [2.05, 4.69) is 49.1 Å². The number of hydrogen-bond donors (Lipinski definition) is 1. The van der Waals surface area contributed by atoms with Crippen molar-refractivity contribution in [3.8, 4) is 0 Å². The van der Waals surface area contributed by atoms with E-state index in [1.807, 2.05) is 0 Å². The summed E-state index contributed by atoms with van der Waals surface area (Å²) in [6.07, 6.45) is 5.06. The van der Waals surface area contributed by atoms with E-state index in [1.54, 1.807) is 0 Å². The first-order chi connectivity index (χ1) is 9.22. The van der Waals surface area contributed by atoms with Gasteiger partial charge in [0, 0.05) is 18.6 Å². The summed E-state index contributed by atoms with van der Waals surface area (Å²) in [6, 6.07) is 12.0. The van der Waals surface area contributed by atoms with Gasteiger partial charge in [0.1, 0.15) is 0 Å². The van der Waals surface area contributed by atoms with Gasteiger partial charge in [-0.1, -0.05) is 37.3 Å². The monoisotopic (exact) mass is 260 g/mol. The molecule has 1 aliphatic rings. The average Bonchev–Trinajstić information content (AvgIpc) is 2.45. The van der Waals surface area contributed by atoms with Gasteiger partial charge in [-0.2, -0.15) is 0 Å². The summed E-state index contributed by atoms with van der Waals surface area (Å²) in [7, 11) is 0. The third kappa shape index (κ3) is 3.80. The van der Waals surface area contributed by atoms with E-state index < -0.39 is 0 Å². The van der Waals surface area contributed by atoms with Crippen LogP contribution < -0.4 is 5.73 Å². The molecule has 106 valence electrons. The fraction of sp³-hybridized carbons (Fsp3) is 0.647. The predicted octanol–water partition coefficient (Wildman–Crippen LogP) is 3.07. The Morgan fingerprint density at radius 3 is 2.74 bits per heavy atom.